The van der Waals surface area contributed by atoms with Gasteiger partial charge in [0.25, 0.3) is 0 Å². The zero-order valence-corrected chi connectivity index (χ0v) is 11.9. The number of ether oxygens (including phenoxy) is 3. The Morgan fingerprint density at radius 2 is 1.90 bits per heavy atom. The molecule has 0 amide bonds. The van der Waals surface area contributed by atoms with Crippen LogP contribution >= 0.6 is 0 Å². The summed E-state index contributed by atoms with van der Waals surface area (Å²) in [6.07, 6.45) is 2.44. The zero-order chi connectivity index (χ0) is 14.7. The van der Waals surface area contributed by atoms with E-state index in [1.165, 1.54) is 0 Å². The van der Waals surface area contributed by atoms with Gasteiger partial charge < -0.3 is 24.5 Å². The molecular weight excluding hydrogens is 258 g/mol. The van der Waals surface area contributed by atoms with Gasteiger partial charge in [-0.15, -0.1) is 0 Å². The highest BCUT2D eigenvalue weighted by atomic mass is 16.5. The molecule has 1 aromatic heterocycles. The van der Waals surface area contributed by atoms with Gasteiger partial charge in [0.15, 0.2) is 11.5 Å². The van der Waals surface area contributed by atoms with Crippen LogP contribution in [-0.2, 0) is 6.54 Å². The summed E-state index contributed by atoms with van der Waals surface area (Å²) in [7, 11) is 4.77. The second-order valence-electron chi connectivity index (χ2n) is 4.36. The lowest BCUT2D eigenvalue weighted by Crippen LogP contribution is -2.12. The van der Waals surface area contributed by atoms with Gasteiger partial charge in [-0.3, -0.25) is 5.41 Å². The highest BCUT2D eigenvalue weighted by Crippen LogP contribution is 2.43. The second kappa shape index (κ2) is 5.73. The van der Waals surface area contributed by atoms with E-state index in [1.807, 2.05) is 22.9 Å². The van der Waals surface area contributed by atoms with Crippen LogP contribution in [0.3, 0.4) is 0 Å². The summed E-state index contributed by atoms with van der Waals surface area (Å²) in [6, 6.07) is 3.85. The van der Waals surface area contributed by atoms with Crippen LogP contribution in [0.2, 0.25) is 0 Å². The van der Waals surface area contributed by atoms with Gasteiger partial charge in [0.1, 0.15) is 0 Å². The summed E-state index contributed by atoms with van der Waals surface area (Å²) >= 11 is 0. The molecule has 0 unspecified atom stereocenters. The highest BCUT2D eigenvalue weighted by Gasteiger charge is 2.17. The van der Waals surface area contributed by atoms with Gasteiger partial charge in [-0.25, -0.2) is 0 Å². The number of nitrogens with two attached hydrogens (primary N) is 1. The summed E-state index contributed by atoms with van der Waals surface area (Å²) in [4.78, 5) is 0. The largest absolute Gasteiger partial charge is 0.493 e. The van der Waals surface area contributed by atoms with Crippen molar-refractivity contribution < 1.29 is 14.2 Å². The normalized spacial score (nSPS) is 10.6. The van der Waals surface area contributed by atoms with Gasteiger partial charge in [0, 0.05) is 30.6 Å². The lowest BCUT2D eigenvalue weighted by Gasteiger charge is -2.14. The molecule has 0 bridgehead atoms. The first kappa shape index (κ1) is 14.0. The summed E-state index contributed by atoms with van der Waals surface area (Å²) in [6.45, 7) is 0.636. The number of rotatable bonds is 6. The fourth-order valence-electron chi connectivity index (χ4n) is 2.24. The lowest BCUT2D eigenvalue weighted by atomic mass is 10.2. The fourth-order valence-corrected chi connectivity index (χ4v) is 2.24. The Labute approximate surface area is 117 Å². The van der Waals surface area contributed by atoms with Crippen LogP contribution in [0.15, 0.2) is 18.3 Å². The number of amidine groups is 1. The van der Waals surface area contributed by atoms with E-state index in [9.17, 15) is 0 Å². The van der Waals surface area contributed by atoms with Crippen molar-refractivity contribution in [3.8, 4) is 17.2 Å². The first-order valence-corrected chi connectivity index (χ1v) is 6.23. The van der Waals surface area contributed by atoms with E-state index >= 15 is 0 Å². The van der Waals surface area contributed by atoms with Crippen molar-refractivity contribution in [1.29, 1.82) is 5.41 Å². The van der Waals surface area contributed by atoms with Crippen LogP contribution in [0.25, 0.3) is 10.9 Å². The molecule has 0 aliphatic heterocycles. The smallest absolute Gasteiger partial charge is 0.204 e. The number of nitrogens with zero attached hydrogens (tertiary/aromatic N) is 1. The molecule has 0 aliphatic rings. The molecule has 1 aromatic carbocycles. The fraction of sp³-hybridized carbons (Fsp3) is 0.357. The molecule has 0 saturated heterocycles. The number of benzene rings is 1. The maximum absolute atomic E-state index is 7.32. The molecule has 0 saturated carbocycles. The molecule has 6 nitrogen and oxygen atoms in total. The van der Waals surface area contributed by atoms with Crippen LogP contribution in [0, 0.1) is 5.41 Å². The van der Waals surface area contributed by atoms with E-state index in [4.69, 9.17) is 25.4 Å². The Kier molecular flexibility index (Phi) is 4.02. The van der Waals surface area contributed by atoms with Crippen molar-refractivity contribution in [3.05, 3.63) is 18.3 Å². The molecule has 0 aliphatic carbocycles. The molecule has 0 radical (unpaired) electrons. The van der Waals surface area contributed by atoms with Gasteiger partial charge in [0.2, 0.25) is 5.75 Å². The molecule has 20 heavy (non-hydrogen) atoms. The molecule has 2 rings (SSSR count). The Bertz CT molecular complexity index is 634. The molecule has 0 fully saturated rings. The third kappa shape index (κ3) is 2.36. The van der Waals surface area contributed by atoms with Crippen molar-refractivity contribution in [1.82, 2.24) is 4.57 Å². The van der Waals surface area contributed by atoms with Gasteiger partial charge in [0.05, 0.1) is 32.7 Å². The Hall–Kier alpha value is -2.37. The standard InChI is InChI=1S/C14H19N3O3/c1-18-11-8-10-9(13(19-2)14(11)20-3)4-6-17(10)7-5-12(15)16/h4,6,8H,5,7H2,1-3H3,(H3,15,16). The lowest BCUT2D eigenvalue weighted by molar-refractivity contribution is 0.327. The Morgan fingerprint density at radius 1 is 1.20 bits per heavy atom. The van der Waals surface area contributed by atoms with Crippen molar-refractivity contribution in [3.63, 3.8) is 0 Å². The minimum absolute atomic E-state index is 0.166. The molecule has 1 heterocycles. The number of hydrogen-bond donors (Lipinski definition) is 2. The summed E-state index contributed by atoms with van der Waals surface area (Å²) in [5.41, 5.74) is 6.37. The van der Waals surface area contributed by atoms with Crippen molar-refractivity contribution in [2.45, 2.75) is 13.0 Å². The Balaban J connectivity index is 2.57. The highest BCUT2D eigenvalue weighted by molar-refractivity contribution is 5.91. The number of hydrogen-bond acceptors (Lipinski definition) is 4. The first-order valence-electron chi connectivity index (χ1n) is 6.23. The van der Waals surface area contributed by atoms with E-state index in [-0.39, 0.29) is 5.84 Å². The predicted molar refractivity (Wildman–Crippen MR) is 78.1 cm³/mol. The quantitative estimate of drug-likeness (QED) is 0.625. The second-order valence-corrected chi connectivity index (χ2v) is 4.36. The minimum atomic E-state index is 0.166. The van der Waals surface area contributed by atoms with E-state index in [2.05, 4.69) is 0 Å². The SMILES string of the molecule is COc1cc2c(ccn2CCC(=N)N)c(OC)c1OC. The van der Waals surface area contributed by atoms with Crippen molar-refractivity contribution in [2.75, 3.05) is 21.3 Å². The van der Waals surface area contributed by atoms with Gasteiger partial charge in [-0.05, 0) is 6.07 Å². The van der Waals surface area contributed by atoms with Crippen LogP contribution in [0.4, 0.5) is 0 Å². The van der Waals surface area contributed by atoms with Gasteiger partial charge in [-0.2, -0.15) is 0 Å². The number of aryl methyl sites for hydroxylation is 1. The molecular formula is C14H19N3O3. The molecule has 0 atom stereocenters. The van der Waals surface area contributed by atoms with Crippen molar-refractivity contribution in [2.24, 2.45) is 5.73 Å². The summed E-state index contributed by atoms with van der Waals surface area (Å²) in [5, 5.41) is 8.26. The predicted octanol–water partition coefficient (Wildman–Crippen LogP) is 1.99. The average molecular weight is 277 g/mol. The maximum Gasteiger partial charge on any atom is 0.204 e. The van der Waals surface area contributed by atoms with Crippen LogP contribution < -0.4 is 19.9 Å². The van der Waals surface area contributed by atoms with E-state index < -0.39 is 0 Å². The number of aromatic nitrogens is 1. The Morgan fingerprint density at radius 3 is 2.45 bits per heavy atom. The molecule has 2 aromatic rings. The topological polar surface area (TPSA) is 82.5 Å². The monoisotopic (exact) mass is 277 g/mol. The van der Waals surface area contributed by atoms with Crippen LogP contribution in [0.1, 0.15) is 6.42 Å². The third-order valence-electron chi connectivity index (χ3n) is 3.20. The molecule has 6 heteroatoms. The van der Waals surface area contributed by atoms with Crippen LogP contribution in [0.5, 0.6) is 17.2 Å². The summed E-state index contributed by atoms with van der Waals surface area (Å²) in [5.74, 6) is 1.99. The van der Waals surface area contributed by atoms with E-state index in [0.717, 1.165) is 10.9 Å². The molecule has 0 spiro atoms. The molecule has 108 valence electrons. The van der Waals surface area contributed by atoms with Crippen LogP contribution in [-0.4, -0.2) is 31.7 Å². The minimum Gasteiger partial charge on any atom is -0.493 e. The van der Waals surface area contributed by atoms with Gasteiger partial charge >= 0.3 is 0 Å². The van der Waals surface area contributed by atoms with Crippen molar-refractivity contribution >= 4 is 16.7 Å². The number of methoxy groups -OCH3 is 3. The third-order valence-corrected chi connectivity index (χ3v) is 3.20. The average Bonchev–Trinajstić information content (AvgIpc) is 2.85. The number of nitrogens with one attached hydrogen (secondary N) is 1. The van der Waals surface area contributed by atoms with E-state index in [0.29, 0.717) is 30.2 Å². The van der Waals surface area contributed by atoms with E-state index in [1.54, 1.807) is 21.3 Å². The first-order chi connectivity index (χ1) is 9.62. The number of fused-ring (bicyclic) bond motifs is 1. The maximum atomic E-state index is 7.32. The molecule has 3 N–H and O–H groups in total. The van der Waals surface area contributed by atoms with Gasteiger partial charge in [-0.1, -0.05) is 0 Å². The zero-order valence-electron chi connectivity index (χ0n) is 11.9. The summed E-state index contributed by atoms with van der Waals surface area (Å²) < 4.78 is 18.2.